The van der Waals surface area contributed by atoms with Crippen LogP contribution in [0.3, 0.4) is 0 Å². The van der Waals surface area contributed by atoms with Crippen LogP contribution in [0.15, 0.2) is 18.3 Å². The maximum absolute atomic E-state index is 13.2. The highest BCUT2D eigenvalue weighted by atomic mass is 19.1. The molecule has 0 aliphatic rings. The molecule has 4 nitrogen and oxygen atoms in total. The second-order valence-electron chi connectivity index (χ2n) is 3.23. The van der Waals surface area contributed by atoms with Gasteiger partial charge in [0.05, 0.1) is 12.7 Å². The Hall–Kier alpha value is -2.17. The first-order chi connectivity index (χ1) is 7.67. The monoisotopic (exact) mass is 221 g/mol. The minimum atomic E-state index is -0.674. The molecule has 2 aromatic rings. The molecule has 0 aliphatic carbocycles. The fraction of sp³-hybridized carbons (Fsp3) is 0.0909. The zero-order valence-corrected chi connectivity index (χ0v) is 8.41. The van der Waals surface area contributed by atoms with Crippen molar-refractivity contribution in [3.8, 4) is 0 Å². The normalized spacial score (nSPS) is 10.4. The van der Waals surface area contributed by atoms with Crippen molar-refractivity contribution in [1.82, 2.24) is 4.98 Å². The molecule has 0 amide bonds. The number of hydrogen-bond acceptors (Lipinski definition) is 3. The van der Waals surface area contributed by atoms with Crippen LogP contribution in [0.4, 0.5) is 4.39 Å². The minimum Gasteiger partial charge on any atom is -0.465 e. The SMILES string of the molecule is COC(=O)c1cc(F)cc2[nH]cc(C=O)c12. The molecule has 0 atom stereocenters. The highest BCUT2D eigenvalue weighted by Gasteiger charge is 2.16. The van der Waals surface area contributed by atoms with E-state index in [4.69, 9.17) is 0 Å². The van der Waals surface area contributed by atoms with Crippen LogP contribution < -0.4 is 0 Å². The van der Waals surface area contributed by atoms with Crippen molar-refractivity contribution in [2.24, 2.45) is 0 Å². The van der Waals surface area contributed by atoms with Gasteiger partial charge in [-0.15, -0.1) is 0 Å². The first-order valence-electron chi connectivity index (χ1n) is 4.51. The molecule has 1 aromatic carbocycles. The van der Waals surface area contributed by atoms with E-state index in [0.29, 0.717) is 22.8 Å². The van der Waals surface area contributed by atoms with Gasteiger partial charge < -0.3 is 9.72 Å². The molecular formula is C11H8FNO3. The number of halogens is 1. The van der Waals surface area contributed by atoms with Crippen molar-refractivity contribution in [3.05, 3.63) is 35.3 Å². The molecule has 0 unspecified atom stereocenters. The number of rotatable bonds is 2. The van der Waals surface area contributed by atoms with Crippen LogP contribution >= 0.6 is 0 Å². The largest absolute Gasteiger partial charge is 0.465 e. The van der Waals surface area contributed by atoms with E-state index < -0.39 is 11.8 Å². The summed E-state index contributed by atoms with van der Waals surface area (Å²) in [7, 11) is 1.20. The predicted molar refractivity (Wildman–Crippen MR) is 55.0 cm³/mol. The Morgan fingerprint density at radius 3 is 2.88 bits per heavy atom. The van der Waals surface area contributed by atoms with Crippen molar-refractivity contribution in [2.45, 2.75) is 0 Å². The summed E-state index contributed by atoms with van der Waals surface area (Å²) >= 11 is 0. The number of H-pyrrole nitrogens is 1. The second-order valence-corrected chi connectivity index (χ2v) is 3.23. The first kappa shape index (κ1) is 10.4. The molecule has 0 saturated carbocycles. The predicted octanol–water partition coefficient (Wildman–Crippen LogP) is 1.91. The third-order valence-corrected chi connectivity index (χ3v) is 2.31. The average molecular weight is 221 g/mol. The highest BCUT2D eigenvalue weighted by molar-refractivity contribution is 6.10. The molecule has 1 heterocycles. The van der Waals surface area contributed by atoms with E-state index in [9.17, 15) is 14.0 Å². The molecule has 0 fully saturated rings. The van der Waals surface area contributed by atoms with E-state index in [-0.39, 0.29) is 5.56 Å². The Labute approximate surface area is 90.0 Å². The highest BCUT2D eigenvalue weighted by Crippen LogP contribution is 2.23. The molecule has 0 spiro atoms. The van der Waals surface area contributed by atoms with E-state index >= 15 is 0 Å². The number of aldehydes is 1. The Balaban J connectivity index is 2.82. The maximum atomic E-state index is 13.2. The van der Waals surface area contributed by atoms with Crippen LogP contribution in [0.1, 0.15) is 20.7 Å². The number of esters is 1. The number of aromatic nitrogens is 1. The van der Waals surface area contributed by atoms with Crippen LogP contribution in [0, 0.1) is 5.82 Å². The summed E-state index contributed by atoms with van der Waals surface area (Å²) in [6.07, 6.45) is 2.02. The molecule has 5 heteroatoms. The topological polar surface area (TPSA) is 59.2 Å². The van der Waals surface area contributed by atoms with Crippen molar-refractivity contribution >= 4 is 23.2 Å². The third kappa shape index (κ3) is 1.46. The number of carbonyl (C=O) groups is 2. The summed E-state index contributed by atoms with van der Waals surface area (Å²) < 4.78 is 17.7. The molecular weight excluding hydrogens is 213 g/mol. The standard InChI is InChI=1S/C11H8FNO3/c1-16-11(15)8-2-7(12)3-9-10(8)6(5-14)4-13-9/h2-5,13H,1H3. The number of carbonyl (C=O) groups excluding carboxylic acids is 2. The molecule has 16 heavy (non-hydrogen) atoms. The van der Waals surface area contributed by atoms with Crippen molar-refractivity contribution in [1.29, 1.82) is 0 Å². The summed E-state index contributed by atoms with van der Waals surface area (Å²) in [6.45, 7) is 0. The number of hydrogen-bond donors (Lipinski definition) is 1. The van der Waals surface area contributed by atoms with E-state index in [1.54, 1.807) is 0 Å². The van der Waals surface area contributed by atoms with E-state index in [1.807, 2.05) is 0 Å². The van der Waals surface area contributed by atoms with Gasteiger partial charge in [0.2, 0.25) is 0 Å². The fourth-order valence-corrected chi connectivity index (χ4v) is 1.62. The lowest BCUT2D eigenvalue weighted by atomic mass is 10.1. The Morgan fingerprint density at radius 1 is 1.50 bits per heavy atom. The molecule has 1 aromatic heterocycles. The van der Waals surface area contributed by atoms with Crippen LogP contribution in [-0.2, 0) is 4.74 Å². The van der Waals surface area contributed by atoms with Crippen molar-refractivity contribution in [3.63, 3.8) is 0 Å². The Bertz CT molecular complexity index is 574. The summed E-state index contributed by atoms with van der Waals surface area (Å²) in [4.78, 5) is 24.9. The van der Waals surface area contributed by atoms with Gasteiger partial charge in [0.1, 0.15) is 5.82 Å². The van der Waals surface area contributed by atoms with Gasteiger partial charge in [0.25, 0.3) is 0 Å². The molecule has 2 rings (SSSR count). The van der Waals surface area contributed by atoms with Gasteiger partial charge in [-0.3, -0.25) is 4.79 Å². The molecule has 0 saturated heterocycles. The fourth-order valence-electron chi connectivity index (χ4n) is 1.62. The van der Waals surface area contributed by atoms with Gasteiger partial charge in [0, 0.05) is 22.7 Å². The lowest BCUT2D eigenvalue weighted by molar-refractivity contribution is 0.0602. The second kappa shape index (κ2) is 3.77. The van der Waals surface area contributed by atoms with Gasteiger partial charge in [-0.1, -0.05) is 0 Å². The van der Waals surface area contributed by atoms with Gasteiger partial charge >= 0.3 is 5.97 Å². The zero-order valence-electron chi connectivity index (χ0n) is 8.41. The van der Waals surface area contributed by atoms with E-state index in [2.05, 4.69) is 9.72 Å². The number of nitrogens with one attached hydrogen (secondary N) is 1. The quantitative estimate of drug-likeness (QED) is 0.622. The molecule has 82 valence electrons. The van der Waals surface area contributed by atoms with Crippen molar-refractivity contribution in [2.75, 3.05) is 7.11 Å². The smallest absolute Gasteiger partial charge is 0.338 e. The van der Waals surface area contributed by atoms with Crippen LogP contribution in [0.25, 0.3) is 10.9 Å². The van der Waals surface area contributed by atoms with Crippen molar-refractivity contribution < 1.29 is 18.7 Å². The number of methoxy groups -OCH3 is 1. The van der Waals surface area contributed by atoms with Crippen LogP contribution in [-0.4, -0.2) is 24.3 Å². The van der Waals surface area contributed by atoms with Gasteiger partial charge in [0.15, 0.2) is 6.29 Å². The maximum Gasteiger partial charge on any atom is 0.338 e. The molecule has 0 radical (unpaired) electrons. The van der Waals surface area contributed by atoms with E-state index in [1.165, 1.54) is 19.4 Å². The van der Waals surface area contributed by atoms with Gasteiger partial charge in [-0.2, -0.15) is 0 Å². The summed E-state index contributed by atoms with van der Waals surface area (Å²) in [5, 5.41) is 0.378. The Morgan fingerprint density at radius 2 is 2.25 bits per heavy atom. The van der Waals surface area contributed by atoms with E-state index in [0.717, 1.165) is 6.07 Å². The molecule has 1 N–H and O–H groups in total. The number of aromatic amines is 1. The van der Waals surface area contributed by atoms with Crippen LogP contribution in [0.5, 0.6) is 0 Å². The van der Waals surface area contributed by atoms with Gasteiger partial charge in [-0.25, -0.2) is 9.18 Å². The summed E-state index contributed by atoms with van der Waals surface area (Å²) in [6, 6.07) is 2.27. The van der Waals surface area contributed by atoms with Gasteiger partial charge in [-0.05, 0) is 12.1 Å². The first-order valence-corrected chi connectivity index (χ1v) is 4.51. The molecule has 0 bridgehead atoms. The van der Waals surface area contributed by atoms with Crippen LogP contribution in [0.2, 0.25) is 0 Å². The number of ether oxygens (including phenoxy) is 1. The summed E-state index contributed by atoms with van der Waals surface area (Å²) in [5.41, 5.74) is 0.735. The number of fused-ring (bicyclic) bond motifs is 1. The lowest BCUT2D eigenvalue weighted by Crippen LogP contribution is -2.03. The number of benzene rings is 1. The lowest BCUT2D eigenvalue weighted by Gasteiger charge is -2.02. The molecule has 0 aliphatic heterocycles. The average Bonchev–Trinajstić information content (AvgIpc) is 2.69. The minimum absolute atomic E-state index is 0.0425. The third-order valence-electron chi connectivity index (χ3n) is 2.31. The Kier molecular flexibility index (Phi) is 2.44. The zero-order chi connectivity index (χ0) is 11.7. The summed E-state index contributed by atoms with van der Waals surface area (Å²) in [5.74, 6) is -1.24.